The van der Waals surface area contributed by atoms with E-state index in [1.165, 1.54) is 9.21 Å². The minimum atomic E-state index is -3.76. The molecule has 0 saturated carbocycles. The Bertz CT molecular complexity index is 801. The van der Waals surface area contributed by atoms with Gasteiger partial charge in [-0.05, 0) is 44.0 Å². The highest BCUT2D eigenvalue weighted by Gasteiger charge is 2.28. The highest BCUT2D eigenvalue weighted by molar-refractivity contribution is 7.92. The van der Waals surface area contributed by atoms with Crippen molar-refractivity contribution in [3.63, 3.8) is 0 Å². The Labute approximate surface area is 169 Å². The average molecular weight is 406 g/mol. The molecule has 154 valence electrons. The van der Waals surface area contributed by atoms with Gasteiger partial charge in [-0.3, -0.25) is 4.31 Å². The predicted octanol–water partition coefficient (Wildman–Crippen LogP) is 2.26. The Hall–Kier alpha value is -1.89. The highest BCUT2D eigenvalue weighted by Crippen LogP contribution is 2.24. The van der Waals surface area contributed by atoms with Gasteiger partial charge in [-0.25, -0.2) is 8.42 Å². The molecular weight excluding hydrogens is 372 g/mol. The minimum absolute atomic E-state index is 0.0388. The van der Waals surface area contributed by atoms with E-state index in [-0.39, 0.29) is 11.4 Å². The summed E-state index contributed by atoms with van der Waals surface area (Å²) in [6.45, 7) is 8.70. The molecule has 28 heavy (non-hydrogen) atoms. The number of aliphatic hydroxyl groups excluding tert-OH is 1. The summed E-state index contributed by atoms with van der Waals surface area (Å²) in [6.07, 6.45) is 1.33. The molecule has 1 atom stereocenters. The van der Waals surface area contributed by atoms with E-state index in [9.17, 15) is 13.5 Å². The standard InChI is InChI=1S/C22H32N2O3S/c1-4-15-23(16-5-2)17-21(25)18-24(20-9-7-6-8-10-20)28(26,27)22-13-11-19(3)12-14-22/h6-14,21,25H,4-5,15-18H2,1-3H3/p+1/t21-/m0/s1. The van der Waals surface area contributed by atoms with Crippen LogP contribution < -0.4 is 9.21 Å². The number of aryl methyl sites for hydroxylation is 1. The molecule has 0 aliphatic rings. The lowest BCUT2D eigenvalue weighted by Gasteiger charge is -2.28. The van der Waals surface area contributed by atoms with E-state index in [0.29, 0.717) is 12.2 Å². The van der Waals surface area contributed by atoms with Gasteiger partial charge in [0.25, 0.3) is 10.0 Å². The second kappa shape index (κ2) is 10.6. The molecule has 0 heterocycles. The number of hydrogen-bond donors (Lipinski definition) is 2. The summed E-state index contributed by atoms with van der Waals surface area (Å²) in [5.74, 6) is 0. The smallest absolute Gasteiger partial charge is 0.264 e. The van der Waals surface area contributed by atoms with Crippen molar-refractivity contribution in [2.45, 2.75) is 44.6 Å². The fourth-order valence-corrected chi connectivity index (χ4v) is 4.90. The van der Waals surface area contributed by atoms with E-state index in [0.717, 1.165) is 31.5 Å². The number of nitrogens with one attached hydrogen (secondary N) is 1. The fourth-order valence-electron chi connectivity index (χ4n) is 3.40. The summed E-state index contributed by atoms with van der Waals surface area (Å²) >= 11 is 0. The van der Waals surface area contributed by atoms with Crippen LogP contribution in [0.2, 0.25) is 0 Å². The van der Waals surface area contributed by atoms with Crippen LogP contribution in [0.15, 0.2) is 59.5 Å². The normalized spacial score (nSPS) is 12.9. The van der Waals surface area contributed by atoms with Gasteiger partial charge in [0, 0.05) is 0 Å². The van der Waals surface area contributed by atoms with Crippen molar-refractivity contribution in [1.82, 2.24) is 0 Å². The summed E-state index contributed by atoms with van der Waals surface area (Å²) in [5, 5.41) is 10.7. The lowest BCUT2D eigenvalue weighted by Crippen LogP contribution is -3.13. The number of quaternary nitrogens is 1. The number of rotatable bonds is 11. The maximum Gasteiger partial charge on any atom is 0.264 e. The van der Waals surface area contributed by atoms with Gasteiger partial charge in [-0.1, -0.05) is 49.7 Å². The number of para-hydroxylation sites is 1. The van der Waals surface area contributed by atoms with Gasteiger partial charge in [0.15, 0.2) is 0 Å². The highest BCUT2D eigenvalue weighted by atomic mass is 32.2. The van der Waals surface area contributed by atoms with Gasteiger partial charge in [-0.2, -0.15) is 0 Å². The molecular formula is C22H33N2O3S+. The molecule has 0 radical (unpaired) electrons. The summed E-state index contributed by atoms with van der Waals surface area (Å²) in [7, 11) is -3.76. The number of benzene rings is 2. The van der Waals surface area contributed by atoms with E-state index in [4.69, 9.17) is 0 Å². The van der Waals surface area contributed by atoms with Crippen molar-refractivity contribution in [3.8, 4) is 0 Å². The average Bonchev–Trinajstić information content (AvgIpc) is 2.67. The van der Waals surface area contributed by atoms with Gasteiger partial charge < -0.3 is 10.0 Å². The van der Waals surface area contributed by atoms with Crippen molar-refractivity contribution in [1.29, 1.82) is 0 Å². The Morgan fingerprint density at radius 1 is 0.964 bits per heavy atom. The van der Waals surface area contributed by atoms with Crippen LogP contribution in [0.3, 0.4) is 0 Å². The van der Waals surface area contributed by atoms with Crippen LogP contribution in [-0.2, 0) is 10.0 Å². The quantitative estimate of drug-likeness (QED) is 0.603. The van der Waals surface area contributed by atoms with Gasteiger partial charge in [-0.15, -0.1) is 0 Å². The van der Waals surface area contributed by atoms with E-state index in [2.05, 4.69) is 13.8 Å². The molecule has 0 aromatic heterocycles. The van der Waals surface area contributed by atoms with E-state index in [1.54, 1.807) is 36.4 Å². The van der Waals surface area contributed by atoms with Gasteiger partial charge in [0.1, 0.15) is 12.6 Å². The van der Waals surface area contributed by atoms with Crippen LogP contribution >= 0.6 is 0 Å². The fraction of sp³-hybridized carbons (Fsp3) is 0.455. The third-order valence-corrected chi connectivity index (χ3v) is 6.57. The number of hydrogen-bond acceptors (Lipinski definition) is 3. The number of anilines is 1. The molecule has 0 spiro atoms. The molecule has 6 heteroatoms. The van der Waals surface area contributed by atoms with E-state index in [1.807, 2.05) is 25.1 Å². The molecule has 2 aromatic rings. The maximum absolute atomic E-state index is 13.3. The molecule has 0 unspecified atom stereocenters. The first kappa shape index (κ1) is 22.4. The monoisotopic (exact) mass is 405 g/mol. The molecule has 5 nitrogen and oxygen atoms in total. The topological polar surface area (TPSA) is 62.1 Å². The summed E-state index contributed by atoms with van der Waals surface area (Å²) in [4.78, 5) is 1.54. The Kier molecular flexibility index (Phi) is 8.48. The first-order valence-electron chi connectivity index (χ1n) is 10.0. The summed E-state index contributed by atoms with van der Waals surface area (Å²) in [6, 6.07) is 15.8. The van der Waals surface area contributed by atoms with Crippen LogP contribution in [0.5, 0.6) is 0 Å². The molecule has 2 aromatic carbocycles. The lowest BCUT2D eigenvalue weighted by molar-refractivity contribution is -0.903. The number of aliphatic hydroxyl groups is 1. The molecule has 2 rings (SSSR count). The van der Waals surface area contributed by atoms with Gasteiger partial charge >= 0.3 is 0 Å². The van der Waals surface area contributed by atoms with Crippen LogP contribution in [0.4, 0.5) is 5.69 Å². The van der Waals surface area contributed by atoms with Crippen molar-refractivity contribution < 1.29 is 18.4 Å². The zero-order chi connectivity index (χ0) is 20.6. The molecule has 0 aliphatic heterocycles. The predicted molar refractivity (Wildman–Crippen MR) is 114 cm³/mol. The Morgan fingerprint density at radius 2 is 1.54 bits per heavy atom. The van der Waals surface area contributed by atoms with E-state index >= 15 is 0 Å². The van der Waals surface area contributed by atoms with Gasteiger partial charge in [0.2, 0.25) is 0 Å². The first-order chi connectivity index (χ1) is 13.4. The molecule has 0 saturated heterocycles. The van der Waals surface area contributed by atoms with Crippen LogP contribution in [0.25, 0.3) is 0 Å². The molecule has 0 fully saturated rings. The van der Waals surface area contributed by atoms with Crippen LogP contribution in [0.1, 0.15) is 32.3 Å². The second-order valence-electron chi connectivity index (χ2n) is 7.29. The molecule has 0 amide bonds. The van der Waals surface area contributed by atoms with Crippen molar-refractivity contribution in [3.05, 3.63) is 60.2 Å². The van der Waals surface area contributed by atoms with Crippen LogP contribution in [0, 0.1) is 6.92 Å². The zero-order valence-electron chi connectivity index (χ0n) is 17.1. The molecule has 2 N–H and O–H groups in total. The number of sulfonamides is 1. The third-order valence-electron chi connectivity index (χ3n) is 4.76. The molecule has 0 aliphatic carbocycles. The first-order valence-corrected chi connectivity index (χ1v) is 11.5. The largest absolute Gasteiger partial charge is 0.385 e. The zero-order valence-corrected chi connectivity index (χ0v) is 18.0. The summed E-state index contributed by atoms with van der Waals surface area (Å²) < 4.78 is 28.0. The van der Waals surface area contributed by atoms with Crippen LogP contribution in [-0.4, -0.2) is 45.8 Å². The SMILES string of the molecule is CCC[NH+](CCC)C[C@H](O)CN(c1ccccc1)S(=O)(=O)c1ccc(C)cc1. The Balaban J connectivity index is 2.29. The maximum atomic E-state index is 13.3. The van der Waals surface area contributed by atoms with Crippen molar-refractivity contribution >= 4 is 15.7 Å². The van der Waals surface area contributed by atoms with Crippen molar-refractivity contribution in [2.24, 2.45) is 0 Å². The third kappa shape index (κ3) is 6.06. The molecule has 0 bridgehead atoms. The summed E-state index contributed by atoms with van der Waals surface area (Å²) in [5.41, 5.74) is 1.57. The Morgan fingerprint density at radius 3 is 2.07 bits per heavy atom. The second-order valence-corrected chi connectivity index (χ2v) is 9.16. The van der Waals surface area contributed by atoms with E-state index < -0.39 is 16.1 Å². The van der Waals surface area contributed by atoms with Gasteiger partial charge in [0.05, 0.1) is 30.2 Å². The number of nitrogens with zero attached hydrogens (tertiary/aromatic N) is 1. The van der Waals surface area contributed by atoms with Crippen molar-refractivity contribution in [2.75, 3.05) is 30.5 Å². The minimum Gasteiger partial charge on any atom is -0.385 e. The lowest BCUT2D eigenvalue weighted by atomic mass is 10.2.